The number of carbonyl (C=O) groups is 1. The molecule has 0 fully saturated rings. The average molecular weight is 288 g/mol. The molecule has 5 nitrogen and oxygen atoms in total. The quantitative estimate of drug-likeness (QED) is 0.655. The van der Waals surface area contributed by atoms with E-state index in [1.54, 1.807) is 18.2 Å². The number of aromatic carboxylic acids is 1. The van der Waals surface area contributed by atoms with Gasteiger partial charge in [0.2, 0.25) is 0 Å². The van der Waals surface area contributed by atoms with Gasteiger partial charge in [-0.25, -0.2) is 9.18 Å². The standard InChI is InChI=1S/C15H13FN2O3/c1-21-14-7-2-10(8-13(14)16)9-17-18-12-5-3-11(4-6-12)15(19)20/h2-9,18H,1H3,(H,19,20)/b17-9-. The third kappa shape index (κ3) is 3.79. The normalized spacial score (nSPS) is 10.6. The Balaban J connectivity index is 2.01. The van der Waals surface area contributed by atoms with E-state index < -0.39 is 11.8 Å². The first-order chi connectivity index (χ1) is 10.1. The van der Waals surface area contributed by atoms with Crippen molar-refractivity contribution in [1.82, 2.24) is 0 Å². The molecule has 108 valence electrons. The molecule has 2 N–H and O–H groups in total. The highest BCUT2D eigenvalue weighted by Crippen LogP contribution is 2.16. The third-order valence-corrected chi connectivity index (χ3v) is 2.71. The van der Waals surface area contributed by atoms with Crippen molar-refractivity contribution in [2.75, 3.05) is 12.5 Å². The summed E-state index contributed by atoms with van der Waals surface area (Å²) in [4.78, 5) is 10.7. The summed E-state index contributed by atoms with van der Waals surface area (Å²) >= 11 is 0. The lowest BCUT2D eigenvalue weighted by molar-refractivity contribution is 0.0697. The number of benzene rings is 2. The Morgan fingerprint density at radius 1 is 1.29 bits per heavy atom. The summed E-state index contributed by atoms with van der Waals surface area (Å²) < 4.78 is 18.3. The molecule has 2 aromatic rings. The zero-order chi connectivity index (χ0) is 15.2. The van der Waals surface area contributed by atoms with Gasteiger partial charge in [0.25, 0.3) is 0 Å². The fourth-order valence-corrected chi connectivity index (χ4v) is 1.63. The van der Waals surface area contributed by atoms with Crippen LogP contribution in [0.4, 0.5) is 10.1 Å². The monoisotopic (exact) mass is 288 g/mol. The second kappa shape index (κ2) is 6.51. The fraction of sp³-hybridized carbons (Fsp3) is 0.0667. The van der Waals surface area contributed by atoms with E-state index >= 15 is 0 Å². The topological polar surface area (TPSA) is 70.9 Å². The van der Waals surface area contributed by atoms with Crippen molar-refractivity contribution in [1.29, 1.82) is 0 Å². The molecule has 0 saturated heterocycles. The number of nitrogens with one attached hydrogen (secondary N) is 1. The zero-order valence-corrected chi connectivity index (χ0v) is 11.2. The third-order valence-electron chi connectivity index (χ3n) is 2.71. The maximum Gasteiger partial charge on any atom is 0.335 e. The summed E-state index contributed by atoms with van der Waals surface area (Å²) in [5, 5.41) is 12.7. The molecule has 2 aromatic carbocycles. The van der Waals surface area contributed by atoms with Crippen LogP contribution in [0, 0.1) is 5.82 Å². The highest BCUT2D eigenvalue weighted by molar-refractivity contribution is 5.88. The van der Waals surface area contributed by atoms with Crippen molar-refractivity contribution in [3.8, 4) is 5.75 Å². The van der Waals surface area contributed by atoms with Gasteiger partial charge in [-0.3, -0.25) is 5.43 Å². The Morgan fingerprint density at radius 2 is 2.00 bits per heavy atom. The van der Waals surface area contributed by atoms with Crippen LogP contribution in [-0.4, -0.2) is 24.4 Å². The summed E-state index contributed by atoms with van der Waals surface area (Å²) in [5.74, 6) is -1.28. The smallest absolute Gasteiger partial charge is 0.335 e. The van der Waals surface area contributed by atoms with Crippen LogP contribution in [0.1, 0.15) is 15.9 Å². The molecule has 2 rings (SSSR count). The Hall–Kier alpha value is -2.89. The SMILES string of the molecule is COc1ccc(/C=N\Nc2ccc(C(=O)O)cc2)cc1F. The molecule has 0 unspecified atom stereocenters. The summed E-state index contributed by atoms with van der Waals surface area (Å²) in [6.07, 6.45) is 1.45. The molecule has 0 atom stereocenters. The maximum atomic E-state index is 13.5. The Kier molecular flexibility index (Phi) is 4.50. The molecule has 21 heavy (non-hydrogen) atoms. The number of halogens is 1. The van der Waals surface area contributed by atoms with Crippen molar-refractivity contribution >= 4 is 17.9 Å². The van der Waals surface area contributed by atoms with Gasteiger partial charge in [-0.05, 0) is 48.0 Å². The van der Waals surface area contributed by atoms with Gasteiger partial charge in [0.15, 0.2) is 11.6 Å². The van der Waals surface area contributed by atoms with E-state index in [1.807, 2.05) is 0 Å². The van der Waals surface area contributed by atoms with Gasteiger partial charge in [-0.15, -0.1) is 0 Å². The van der Waals surface area contributed by atoms with Crippen LogP contribution >= 0.6 is 0 Å². The van der Waals surface area contributed by atoms with Gasteiger partial charge in [0.05, 0.1) is 24.6 Å². The molecule has 0 aliphatic carbocycles. The van der Waals surface area contributed by atoms with Gasteiger partial charge >= 0.3 is 5.97 Å². The molecule has 6 heteroatoms. The number of nitrogens with zero attached hydrogens (tertiary/aromatic N) is 1. The van der Waals surface area contributed by atoms with Gasteiger partial charge in [0.1, 0.15) is 0 Å². The lowest BCUT2D eigenvalue weighted by Crippen LogP contribution is -1.96. The lowest BCUT2D eigenvalue weighted by atomic mass is 10.2. The summed E-state index contributed by atoms with van der Waals surface area (Å²) in [7, 11) is 1.40. The van der Waals surface area contributed by atoms with Gasteiger partial charge in [-0.2, -0.15) is 5.10 Å². The van der Waals surface area contributed by atoms with E-state index in [1.165, 1.54) is 37.6 Å². The van der Waals surface area contributed by atoms with E-state index in [4.69, 9.17) is 9.84 Å². The number of carboxylic acids is 1. The molecule has 0 aliphatic rings. The fourth-order valence-electron chi connectivity index (χ4n) is 1.63. The van der Waals surface area contributed by atoms with Gasteiger partial charge in [0, 0.05) is 0 Å². The minimum Gasteiger partial charge on any atom is -0.494 e. The van der Waals surface area contributed by atoms with Gasteiger partial charge < -0.3 is 9.84 Å². The molecule has 0 amide bonds. The molecule has 0 saturated carbocycles. The van der Waals surface area contributed by atoms with Crippen LogP contribution in [0.3, 0.4) is 0 Å². The summed E-state index contributed by atoms with van der Waals surface area (Å²) in [6, 6.07) is 10.6. The Bertz CT molecular complexity index is 669. The molecule has 0 spiro atoms. The van der Waals surface area contributed by atoms with E-state index in [0.717, 1.165) is 0 Å². The average Bonchev–Trinajstić information content (AvgIpc) is 2.48. The highest BCUT2D eigenvalue weighted by atomic mass is 19.1. The predicted molar refractivity (Wildman–Crippen MR) is 77.6 cm³/mol. The van der Waals surface area contributed by atoms with Gasteiger partial charge in [-0.1, -0.05) is 0 Å². The van der Waals surface area contributed by atoms with Crippen LogP contribution in [0.15, 0.2) is 47.6 Å². The minimum absolute atomic E-state index is 0.171. The Labute approximate surface area is 120 Å². The number of hydrogen-bond donors (Lipinski definition) is 2. The van der Waals surface area contributed by atoms with Crippen LogP contribution < -0.4 is 10.2 Å². The first-order valence-electron chi connectivity index (χ1n) is 6.06. The summed E-state index contributed by atoms with van der Waals surface area (Å²) in [6.45, 7) is 0. The second-order valence-electron chi connectivity index (χ2n) is 4.15. The first-order valence-corrected chi connectivity index (χ1v) is 6.06. The largest absolute Gasteiger partial charge is 0.494 e. The number of methoxy groups -OCH3 is 1. The number of carboxylic acid groups (broad SMARTS) is 1. The molecule has 0 aromatic heterocycles. The number of ether oxygens (including phenoxy) is 1. The molecule has 0 bridgehead atoms. The van der Waals surface area contributed by atoms with Crippen molar-refractivity contribution in [2.24, 2.45) is 5.10 Å². The zero-order valence-electron chi connectivity index (χ0n) is 11.2. The van der Waals surface area contributed by atoms with Crippen molar-refractivity contribution in [2.45, 2.75) is 0 Å². The maximum absolute atomic E-state index is 13.5. The van der Waals surface area contributed by atoms with Crippen molar-refractivity contribution in [3.05, 3.63) is 59.4 Å². The predicted octanol–water partition coefficient (Wildman–Crippen LogP) is 2.98. The molecular weight excluding hydrogens is 275 g/mol. The molecule has 0 radical (unpaired) electrons. The number of anilines is 1. The molecule has 0 aliphatic heterocycles. The number of rotatable bonds is 5. The van der Waals surface area contributed by atoms with Crippen LogP contribution in [0.5, 0.6) is 5.75 Å². The van der Waals surface area contributed by atoms with Crippen molar-refractivity contribution < 1.29 is 19.0 Å². The van der Waals surface area contributed by atoms with Crippen LogP contribution in [0.25, 0.3) is 0 Å². The Morgan fingerprint density at radius 3 is 2.57 bits per heavy atom. The molecular formula is C15H13FN2O3. The first kappa shape index (κ1) is 14.5. The lowest BCUT2D eigenvalue weighted by Gasteiger charge is -2.02. The van der Waals surface area contributed by atoms with E-state index in [9.17, 15) is 9.18 Å². The number of hydrazone groups is 1. The molecule has 0 heterocycles. The van der Waals surface area contributed by atoms with Crippen LogP contribution in [-0.2, 0) is 0 Å². The van der Waals surface area contributed by atoms with E-state index in [-0.39, 0.29) is 11.3 Å². The van der Waals surface area contributed by atoms with E-state index in [0.29, 0.717) is 11.3 Å². The van der Waals surface area contributed by atoms with E-state index in [2.05, 4.69) is 10.5 Å². The van der Waals surface area contributed by atoms with Crippen LogP contribution in [0.2, 0.25) is 0 Å². The highest BCUT2D eigenvalue weighted by Gasteiger charge is 2.02. The van der Waals surface area contributed by atoms with Crippen molar-refractivity contribution in [3.63, 3.8) is 0 Å². The minimum atomic E-state index is -0.987. The number of hydrogen-bond acceptors (Lipinski definition) is 4. The summed E-state index contributed by atoms with van der Waals surface area (Å²) in [5.41, 5.74) is 4.13. The second-order valence-corrected chi connectivity index (χ2v) is 4.15.